The molecule has 2 N–H and O–H groups in total. The smallest absolute Gasteiger partial charge is 0.268 e. The number of hydrogen-bond acceptors (Lipinski definition) is 5. The normalized spacial score (nSPS) is 12.1. The van der Waals surface area contributed by atoms with Gasteiger partial charge in [0.05, 0.1) is 11.4 Å². The average molecular weight is 249 g/mol. The van der Waals surface area contributed by atoms with Crippen LogP contribution in [0, 0.1) is 0 Å². The average Bonchev–Trinajstić information content (AvgIpc) is 2.83. The Kier molecular flexibility index (Phi) is 2.88. The lowest BCUT2D eigenvalue weighted by molar-refractivity contribution is 0.397. The lowest BCUT2D eigenvalue weighted by Gasteiger charge is -2.10. The highest BCUT2D eigenvalue weighted by Crippen LogP contribution is 2.30. The van der Waals surface area contributed by atoms with Gasteiger partial charge in [0.25, 0.3) is 5.89 Å². The number of nitrogen functional groups attached to an aromatic ring is 1. The molecule has 0 fully saturated rings. The molecule has 0 bridgehead atoms. The Bertz CT molecular complexity index is 562. The first-order valence-electron chi connectivity index (χ1n) is 6.00. The molecule has 18 heavy (non-hydrogen) atoms. The fraction of sp³-hybridized carbons (Fsp3) is 0.583. The summed E-state index contributed by atoms with van der Waals surface area (Å²) in [4.78, 5) is 0. The second-order valence-corrected chi connectivity index (χ2v) is 5.35. The van der Waals surface area contributed by atoms with Gasteiger partial charge in [0, 0.05) is 12.5 Å². The van der Waals surface area contributed by atoms with E-state index in [4.69, 9.17) is 10.2 Å². The van der Waals surface area contributed by atoms with Gasteiger partial charge in [-0.2, -0.15) is 5.10 Å². The maximum Gasteiger partial charge on any atom is 0.268 e. The van der Waals surface area contributed by atoms with Crippen molar-refractivity contribution >= 4 is 5.69 Å². The summed E-state index contributed by atoms with van der Waals surface area (Å²) in [5.74, 6) is 1.02. The van der Waals surface area contributed by atoms with E-state index in [1.165, 1.54) is 0 Å². The van der Waals surface area contributed by atoms with Crippen LogP contribution in [0.3, 0.4) is 0 Å². The molecule has 0 aliphatic rings. The number of nitrogens with two attached hydrogens (primary N) is 1. The molecule has 0 radical (unpaired) electrons. The Morgan fingerprint density at radius 2 is 1.94 bits per heavy atom. The summed E-state index contributed by atoms with van der Waals surface area (Å²) < 4.78 is 7.38. The SMILES string of the molecule is CCc1nn(C)c(-c2nnc(C(C)(C)C)o2)c1N. The largest absolute Gasteiger partial charge is 0.419 e. The molecule has 2 heterocycles. The van der Waals surface area contributed by atoms with Crippen LogP contribution in [-0.4, -0.2) is 20.0 Å². The Hall–Kier alpha value is -1.85. The number of aromatic nitrogens is 4. The first-order valence-corrected chi connectivity index (χ1v) is 6.00. The van der Waals surface area contributed by atoms with Crippen molar-refractivity contribution in [1.29, 1.82) is 0 Å². The van der Waals surface area contributed by atoms with Crippen LogP contribution in [-0.2, 0) is 18.9 Å². The zero-order valence-corrected chi connectivity index (χ0v) is 11.5. The van der Waals surface area contributed by atoms with Crippen molar-refractivity contribution < 1.29 is 4.42 Å². The molecule has 0 saturated heterocycles. The van der Waals surface area contributed by atoms with Crippen molar-refractivity contribution in [1.82, 2.24) is 20.0 Å². The molecule has 0 atom stereocenters. The maximum atomic E-state index is 6.05. The molecule has 0 spiro atoms. The van der Waals surface area contributed by atoms with Crippen molar-refractivity contribution in [2.24, 2.45) is 7.05 Å². The van der Waals surface area contributed by atoms with E-state index in [0.29, 0.717) is 23.2 Å². The molecule has 6 nitrogen and oxygen atoms in total. The van der Waals surface area contributed by atoms with Gasteiger partial charge in [0.1, 0.15) is 5.69 Å². The fourth-order valence-corrected chi connectivity index (χ4v) is 1.73. The van der Waals surface area contributed by atoms with Crippen molar-refractivity contribution in [3.63, 3.8) is 0 Å². The molecule has 0 saturated carbocycles. The molecule has 6 heteroatoms. The Morgan fingerprint density at radius 3 is 2.39 bits per heavy atom. The van der Waals surface area contributed by atoms with Crippen LogP contribution in [0.15, 0.2) is 4.42 Å². The molecule has 0 aromatic carbocycles. The maximum absolute atomic E-state index is 6.05. The van der Waals surface area contributed by atoms with Gasteiger partial charge in [-0.1, -0.05) is 27.7 Å². The van der Waals surface area contributed by atoms with E-state index in [1.807, 2.05) is 34.7 Å². The lowest BCUT2D eigenvalue weighted by Crippen LogP contribution is -2.11. The third-order valence-electron chi connectivity index (χ3n) is 2.76. The third kappa shape index (κ3) is 1.98. The first-order chi connectivity index (χ1) is 8.34. The van der Waals surface area contributed by atoms with Gasteiger partial charge in [0.15, 0.2) is 0 Å². The highest BCUT2D eigenvalue weighted by molar-refractivity contribution is 5.68. The second-order valence-electron chi connectivity index (χ2n) is 5.35. The van der Waals surface area contributed by atoms with Gasteiger partial charge in [-0.3, -0.25) is 4.68 Å². The Morgan fingerprint density at radius 1 is 1.28 bits per heavy atom. The Labute approximate surface area is 106 Å². The van der Waals surface area contributed by atoms with Crippen LogP contribution >= 0.6 is 0 Å². The molecule has 0 aliphatic carbocycles. The lowest BCUT2D eigenvalue weighted by atomic mass is 9.97. The van der Waals surface area contributed by atoms with E-state index in [9.17, 15) is 0 Å². The van der Waals surface area contributed by atoms with Gasteiger partial charge in [0.2, 0.25) is 5.89 Å². The van der Waals surface area contributed by atoms with Crippen molar-refractivity contribution in [2.75, 3.05) is 5.73 Å². The van der Waals surface area contributed by atoms with E-state index in [1.54, 1.807) is 4.68 Å². The predicted octanol–water partition coefficient (Wildman–Crippen LogP) is 1.91. The predicted molar refractivity (Wildman–Crippen MR) is 69.0 cm³/mol. The van der Waals surface area contributed by atoms with E-state index in [2.05, 4.69) is 15.3 Å². The van der Waals surface area contributed by atoms with Crippen LogP contribution in [0.2, 0.25) is 0 Å². The van der Waals surface area contributed by atoms with Gasteiger partial charge in [-0.15, -0.1) is 10.2 Å². The summed E-state index contributed by atoms with van der Waals surface area (Å²) in [6, 6.07) is 0. The minimum absolute atomic E-state index is 0.174. The molecular weight excluding hydrogens is 230 g/mol. The van der Waals surface area contributed by atoms with Crippen molar-refractivity contribution in [2.45, 2.75) is 39.5 Å². The summed E-state index contributed by atoms with van der Waals surface area (Å²) >= 11 is 0. The van der Waals surface area contributed by atoms with E-state index < -0.39 is 0 Å². The molecule has 0 amide bonds. The van der Waals surface area contributed by atoms with Gasteiger partial charge in [-0.05, 0) is 6.42 Å². The van der Waals surface area contributed by atoms with E-state index in [0.717, 1.165) is 12.1 Å². The zero-order valence-electron chi connectivity index (χ0n) is 11.5. The van der Waals surface area contributed by atoms with Crippen LogP contribution in [0.5, 0.6) is 0 Å². The van der Waals surface area contributed by atoms with Crippen LogP contribution in [0.1, 0.15) is 39.3 Å². The number of hydrogen-bond donors (Lipinski definition) is 1. The van der Waals surface area contributed by atoms with Crippen molar-refractivity contribution in [3.05, 3.63) is 11.6 Å². The molecular formula is C12H19N5O. The molecule has 2 aromatic heterocycles. The number of nitrogens with zero attached hydrogens (tertiary/aromatic N) is 4. The number of anilines is 1. The fourth-order valence-electron chi connectivity index (χ4n) is 1.73. The van der Waals surface area contributed by atoms with Gasteiger partial charge < -0.3 is 10.2 Å². The molecule has 2 rings (SSSR count). The van der Waals surface area contributed by atoms with Gasteiger partial charge >= 0.3 is 0 Å². The highest BCUT2D eigenvalue weighted by atomic mass is 16.4. The molecule has 0 aliphatic heterocycles. The number of rotatable bonds is 2. The topological polar surface area (TPSA) is 82.8 Å². The van der Waals surface area contributed by atoms with E-state index in [-0.39, 0.29) is 5.41 Å². The summed E-state index contributed by atoms with van der Waals surface area (Å²) in [6.07, 6.45) is 0.778. The summed E-state index contributed by atoms with van der Waals surface area (Å²) in [5, 5.41) is 12.5. The monoisotopic (exact) mass is 249 g/mol. The van der Waals surface area contributed by atoms with Crippen LogP contribution in [0.25, 0.3) is 11.6 Å². The molecule has 98 valence electrons. The van der Waals surface area contributed by atoms with Crippen LogP contribution < -0.4 is 5.73 Å². The quantitative estimate of drug-likeness (QED) is 0.879. The highest BCUT2D eigenvalue weighted by Gasteiger charge is 2.25. The van der Waals surface area contributed by atoms with Gasteiger partial charge in [-0.25, -0.2) is 0 Å². The standard InChI is InChI=1S/C12H19N5O/c1-6-7-8(13)9(17(5)16-7)10-14-15-11(18-10)12(2,3)4/h6,13H2,1-5H3. The first kappa shape index (κ1) is 12.6. The Balaban J connectivity index is 2.50. The summed E-state index contributed by atoms with van der Waals surface area (Å²) in [5.41, 5.74) is 8.03. The number of aryl methyl sites for hydroxylation is 2. The molecule has 0 unspecified atom stereocenters. The summed E-state index contributed by atoms with van der Waals surface area (Å²) in [6.45, 7) is 8.08. The summed E-state index contributed by atoms with van der Waals surface area (Å²) in [7, 11) is 1.83. The minimum atomic E-state index is -0.174. The van der Waals surface area contributed by atoms with Crippen molar-refractivity contribution in [3.8, 4) is 11.6 Å². The second kappa shape index (κ2) is 4.12. The molecule has 2 aromatic rings. The van der Waals surface area contributed by atoms with Crippen LogP contribution in [0.4, 0.5) is 5.69 Å². The van der Waals surface area contributed by atoms with E-state index >= 15 is 0 Å². The zero-order chi connectivity index (χ0) is 13.5. The minimum Gasteiger partial charge on any atom is -0.419 e. The third-order valence-corrected chi connectivity index (χ3v) is 2.76.